The SMILES string of the molecule is CC(C)S(C)(=O)=O.CCC1CCCC1c1ccc(C#N)cc1. The van der Waals surface area contributed by atoms with Gasteiger partial charge in [-0.1, -0.05) is 31.9 Å². The molecule has 0 spiro atoms. The second-order valence-corrected chi connectivity index (χ2v) is 8.92. The van der Waals surface area contributed by atoms with Crippen LogP contribution in [-0.4, -0.2) is 19.9 Å². The molecule has 0 radical (unpaired) electrons. The molecule has 2 unspecified atom stereocenters. The number of nitrogens with zero attached hydrogens (tertiary/aromatic N) is 1. The predicted octanol–water partition coefficient (Wildman–Crippen LogP) is 4.29. The lowest BCUT2D eigenvalue weighted by Crippen LogP contribution is -2.10. The van der Waals surface area contributed by atoms with Gasteiger partial charge in [0.25, 0.3) is 0 Å². The van der Waals surface area contributed by atoms with E-state index in [2.05, 4.69) is 25.1 Å². The molecular weight excluding hydrogens is 294 g/mol. The van der Waals surface area contributed by atoms with Gasteiger partial charge in [-0.25, -0.2) is 8.42 Å². The van der Waals surface area contributed by atoms with Crippen LogP contribution in [0.5, 0.6) is 0 Å². The molecule has 0 aliphatic heterocycles. The van der Waals surface area contributed by atoms with Gasteiger partial charge >= 0.3 is 0 Å². The van der Waals surface area contributed by atoms with E-state index < -0.39 is 9.84 Å². The highest BCUT2D eigenvalue weighted by molar-refractivity contribution is 7.91. The van der Waals surface area contributed by atoms with E-state index in [0.717, 1.165) is 17.4 Å². The average molecular weight is 321 g/mol. The summed E-state index contributed by atoms with van der Waals surface area (Å²) in [6.07, 6.45) is 6.58. The van der Waals surface area contributed by atoms with Crippen molar-refractivity contribution in [1.29, 1.82) is 5.26 Å². The fourth-order valence-electron chi connectivity index (χ4n) is 2.77. The molecule has 0 heterocycles. The van der Waals surface area contributed by atoms with Crippen molar-refractivity contribution in [3.63, 3.8) is 0 Å². The lowest BCUT2D eigenvalue weighted by atomic mass is 9.87. The van der Waals surface area contributed by atoms with E-state index in [1.165, 1.54) is 37.5 Å². The Morgan fingerprint density at radius 1 is 1.23 bits per heavy atom. The van der Waals surface area contributed by atoms with Gasteiger partial charge in [0.05, 0.1) is 16.9 Å². The summed E-state index contributed by atoms with van der Waals surface area (Å²) in [5.74, 6) is 1.60. The third-order valence-corrected chi connectivity index (χ3v) is 6.22. The van der Waals surface area contributed by atoms with Gasteiger partial charge in [-0.05, 0) is 56.2 Å². The van der Waals surface area contributed by atoms with Crippen LogP contribution in [0.15, 0.2) is 24.3 Å². The molecule has 1 aromatic rings. The average Bonchev–Trinajstić information content (AvgIpc) is 2.95. The maximum absolute atomic E-state index is 10.3. The molecule has 0 amide bonds. The predicted molar refractivity (Wildman–Crippen MR) is 91.5 cm³/mol. The molecule has 2 rings (SSSR count). The Hall–Kier alpha value is -1.34. The van der Waals surface area contributed by atoms with E-state index in [-0.39, 0.29) is 5.25 Å². The Morgan fingerprint density at radius 3 is 2.18 bits per heavy atom. The third-order valence-electron chi connectivity index (χ3n) is 4.51. The van der Waals surface area contributed by atoms with Crippen molar-refractivity contribution in [2.75, 3.05) is 6.26 Å². The molecule has 2 atom stereocenters. The largest absolute Gasteiger partial charge is 0.229 e. The highest BCUT2D eigenvalue weighted by Crippen LogP contribution is 2.41. The van der Waals surface area contributed by atoms with Crippen molar-refractivity contribution < 1.29 is 8.42 Å². The second-order valence-electron chi connectivity index (χ2n) is 6.32. The normalized spacial score (nSPS) is 21.1. The lowest BCUT2D eigenvalue weighted by molar-refractivity contribution is 0.470. The molecule has 1 saturated carbocycles. The third kappa shape index (κ3) is 5.46. The number of hydrogen-bond acceptors (Lipinski definition) is 3. The summed E-state index contributed by atoms with van der Waals surface area (Å²) in [6.45, 7) is 5.61. The minimum atomic E-state index is -2.74. The van der Waals surface area contributed by atoms with Crippen LogP contribution < -0.4 is 0 Å². The van der Waals surface area contributed by atoms with Crippen molar-refractivity contribution in [3.8, 4) is 6.07 Å². The van der Waals surface area contributed by atoms with Crippen LogP contribution in [0.4, 0.5) is 0 Å². The van der Waals surface area contributed by atoms with Gasteiger partial charge in [-0.15, -0.1) is 0 Å². The van der Waals surface area contributed by atoms with Crippen molar-refractivity contribution in [1.82, 2.24) is 0 Å². The summed E-state index contributed by atoms with van der Waals surface area (Å²) < 4.78 is 20.7. The molecule has 22 heavy (non-hydrogen) atoms. The molecule has 1 aromatic carbocycles. The van der Waals surface area contributed by atoms with Crippen LogP contribution in [0.3, 0.4) is 0 Å². The standard InChI is InChI=1S/C14H17N.C4H10O2S/c1-2-12-4-3-5-14(12)13-8-6-11(10-15)7-9-13;1-4(2)7(3,5)6/h6-9,12,14H,2-5H2,1H3;4H,1-3H3. The first-order chi connectivity index (χ1) is 10.3. The van der Waals surface area contributed by atoms with E-state index in [9.17, 15) is 8.42 Å². The fourth-order valence-corrected chi connectivity index (χ4v) is 2.77. The van der Waals surface area contributed by atoms with Gasteiger partial charge in [0, 0.05) is 6.26 Å². The summed E-state index contributed by atoms with van der Waals surface area (Å²) in [4.78, 5) is 0. The molecule has 0 N–H and O–H groups in total. The van der Waals surface area contributed by atoms with Gasteiger partial charge < -0.3 is 0 Å². The highest BCUT2D eigenvalue weighted by Gasteiger charge is 2.26. The summed E-state index contributed by atoms with van der Waals surface area (Å²) in [5.41, 5.74) is 2.20. The highest BCUT2D eigenvalue weighted by atomic mass is 32.2. The first-order valence-corrected chi connectivity index (χ1v) is 9.94. The molecule has 0 saturated heterocycles. The summed E-state index contributed by atoms with van der Waals surface area (Å²) in [5, 5.41) is 8.51. The molecular formula is C18H27NO2S. The van der Waals surface area contributed by atoms with Crippen molar-refractivity contribution >= 4 is 9.84 Å². The van der Waals surface area contributed by atoms with Crippen molar-refractivity contribution in [3.05, 3.63) is 35.4 Å². The molecule has 3 nitrogen and oxygen atoms in total. The maximum Gasteiger partial charge on any atom is 0.149 e. The lowest BCUT2D eigenvalue weighted by Gasteiger charge is -2.18. The minimum Gasteiger partial charge on any atom is -0.229 e. The van der Waals surface area contributed by atoms with Gasteiger partial charge in [0.15, 0.2) is 0 Å². The number of benzene rings is 1. The van der Waals surface area contributed by atoms with E-state index in [1.807, 2.05) is 12.1 Å². The monoisotopic (exact) mass is 321 g/mol. The molecule has 4 heteroatoms. The summed E-state index contributed by atoms with van der Waals surface area (Å²) in [7, 11) is -2.74. The van der Waals surface area contributed by atoms with Crippen LogP contribution in [0.1, 0.15) is 63.5 Å². The molecule has 1 fully saturated rings. The first-order valence-electron chi connectivity index (χ1n) is 7.98. The van der Waals surface area contributed by atoms with Crippen LogP contribution >= 0.6 is 0 Å². The van der Waals surface area contributed by atoms with E-state index >= 15 is 0 Å². The van der Waals surface area contributed by atoms with E-state index in [1.54, 1.807) is 13.8 Å². The van der Waals surface area contributed by atoms with Crippen molar-refractivity contribution in [2.24, 2.45) is 5.92 Å². The molecule has 0 aromatic heterocycles. The van der Waals surface area contributed by atoms with Crippen molar-refractivity contribution in [2.45, 2.75) is 57.6 Å². The fraction of sp³-hybridized carbons (Fsp3) is 0.611. The number of sulfone groups is 1. The Morgan fingerprint density at radius 2 is 1.77 bits per heavy atom. The Balaban J connectivity index is 0.000000295. The summed E-state index contributed by atoms with van der Waals surface area (Å²) >= 11 is 0. The number of hydrogen-bond donors (Lipinski definition) is 0. The minimum absolute atomic E-state index is 0.229. The Labute approximate surface area is 135 Å². The Bertz CT molecular complexity index is 597. The Kier molecular flexibility index (Phi) is 7.09. The molecule has 122 valence electrons. The second kappa shape index (κ2) is 8.33. The first kappa shape index (κ1) is 18.7. The maximum atomic E-state index is 10.3. The van der Waals surface area contributed by atoms with Crippen LogP contribution in [0, 0.1) is 17.2 Å². The zero-order valence-corrected chi connectivity index (χ0v) is 14.9. The molecule has 1 aliphatic carbocycles. The quantitative estimate of drug-likeness (QED) is 0.834. The van der Waals surface area contributed by atoms with Crippen LogP contribution in [0.25, 0.3) is 0 Å². The van der Waals surface area contributed by atoms with Gasteiger partial charge in [0.2, 0.25) is 0 Å². The molecule has 0 bridgehead atoms. The van der Waals surface area contributed by atoms with Gasteiger partial charge in [0.1, 0.15) is 9.84 Å². The smallest absolute Gasteiger partial charge is 0.149 e. The number of nitriles is 1. The van der Waals surface area contributed by atoms with Crippen LogP contribution in [0.2, 0.25) is 0 Å². The zero-order chi connectivity index (χ0) is 16.8. The van der Waals surface area contributed by atoms with Gasteiger partial charge in [-0.3, -0.25) is 0 Å². The summed E-state index contributed by atoms with van der Waals surface area (Å²) in [6, 6.07) is 10.3. The topological polar surface area (TPSA) is 57.9 Å². The van der Waals surface area contributed by atoms with E-state index in [4.69, 9.17) is 5.26 Å². The van der Waals surface area contributed by atoms with Crippen LogP contribution in [-0.2, 0) is 9.84 Å². The van der Waals surface area contributed by atoms with E-state index in [0.29, 0.717) is 0 Å². The number of rotatable bonds is 3. The molecule has 1 aliphatic rings. The zero-order valence-electron chi connectivity index (χ0n) is 14.0. The van der Waals surface area contributed by atoms with Gasteiger partial charge in [-0.2, -0.15) is 5.26 Å².